The zero-order valence-corrected chi connectivity index (χ0v) is 8.32. The lowest BCUT2D eigenvalue weighted by Gasteiger charge is -2.16. The Hall–Kier alpha value is -2.17. The Balaban J connectivity index is 2.38. The van der Waals surface area contributed by atoms with Gasteiger partial charge in [0.2, 0.25) is 5.91 Å². The fraction of sp³-hybridized carbons (Fsp3) is 0.182. The molecular weight excluding hydrogens is 210 g/mol. The van der Waals surface area contributed by atoms with Gasteiger partial charge in [-0.15, -0.1) is 0 Å². The first-order valence-electron chi connectivity index (χ1n) is 4.78. The van der Waals surface area contributed by atoms with E-state index in [-0.39, 0.29) is 11.5 Å². The van der Waals surface area contributed by atoms with Crippen LogP contribution in [0, 0.1) is 0 Å². The minimum atomic E-state index is -1.50. The van der Waals surface area contributed by atoms with E-state index >= 15 is 0 Å². The number of hydrogen-bond acceptors (Lipinski definition) is 3. The molecule has 0 spiro atoms. The van der Waals surface area contributed by atoms with Crippen LogP contribution >= 0.6 is 0 Å². The SMILES string of the molecule is O=C1CCc2ccc(C(=O)C(=O)O)cc2N1. The van der Waals surface area contributed by atoms with Gasteiger partial charge in [-0.2, -0.15) is 0 Å². The first-order chi connectivity index (χ1) is 7.58. The van der Waals surface area contributed by atoms with E-state index in [0.29, 0.717) is 18.5 Å². The number of carbonyl (C=O) groups excluding carboxylic acids is 2. The highest BCUT2D eigenvalue weighted by Gasteiger charge is 2.19. The molecule has 0 radical (unpaired) electrons. The number of carboxylic acids is 1. The summed E-state index contributed by atoms with van der Waals surface area (Å²) in [6.07, 6.45) is 1.03. The number of ketones is 1. The molecule has 0 saturated carbocycles. The molecule has 0 aliphatic carbocycles. The summed E-state index contributed by atoms with van der Waals surface area (Å²) in [6, 6.07) is 4.54. The summed E-state index contributed by atoms with van der Waals surface area (Å²) in [6.45, 7) is 0. The monoisotopic (exact) mass is 219 g/mol. The number of rotatable bonds is 2. The highest BCUT2D eigenvalue weighted by atomic mass is 16.4. The zero-order valence-electron chi connectivity index (χ0n) is 8.32. The first kappa shape index (κ1) is 10.4. The van der Waals surface area contributed by atoms with Crippen LogP contribution in [0.1, 0.15) is 22.3 Å². The Morgan fingerprint density at radius 2 is 2.00 bits per heavy atom. The third-order valence-electron chi connectivity index (χ3n) is 2.46. The number of amides is 1. The molecule has 0 bridgehead atoms. The second-order valence-electron chi connectivity index (χ2n) is 3.55. The summed E-state index contributed by atoms with van der Waals surface area (Å²) in [4.78, 5) is 32.8. The van der Waals surface area contributed by atoms with Crippen molar-refractivity contribution in [3.8, 4) is 0 Å². The molecule has 1 heterocycles. The van der Waals surface area contributed by atoms with Crippen LogP contribution in [0.4, 0.5) is 5.69 Å². The van der Waals surface area contributed by atoms with Gasteiger partial charge in [-0.3, -0.25) is 9.59 Å². The van der Waals surface area contributed by atoms with Gasteiger partial charge in [0.1, 0.15) is 0 Å². The van der Waals surface area contributed by atoms with E-state index in [4.69, 9.17) is 5.11 Å². The van der Waals surface area contributed by atoms with Crippen LogP contribution in [0.25, 0.3) is 0 Å². The van der Waals surface area contributed by atoms with Gasteiger partial charge < -0.3 is 10.4 Å². The number of nitrogens with one attached hydrogen (secondary N) is 1. The number of carboxylic acid groups (broad SMARTS) is 1. The Morgan fingerprint density at radius 1 is 1.25 bits per heavy atom. The number of aliphatic carboxylic acids is 1. The molecule has 16 heavy (non-hydrogen) atoms. The van der Waals surface area contributed by atoms with Gasteiger partial charge in [0.25, 0.3) is 5.78 Å². The maximum atomic E-state index is 11.2. The molecule has 0 unspecified atom stereocenters. The second kappa shape index (κ2) is 3.77. The van der Waals surface area contributed by atoms with Crippen molar-refractivity contribution in [2.45, 2.75) is 12.8 Å². The van der Waals surface area contributed by atoms with Crippen LogP contribution in [0.3, 0.4) is 0 Å². The van der Waals surface area contributed by atoms with Gasteiger partial charge in [-0.25, -0.2) is 4.79 Å². The summed E-state index contributed by atoms with van der Waals surface area (Å²) >= 11 is 0. The fourth-order valence-corrected chi connectivity index (χ4v) is 1.64. The molecule has 2 N–H and O–H groups in total. The zero-order chi connectivity index (χ0) is 11.7. The molecule has 5 heteroatoms. The lowest BCUT2D eigenvalue weighted by atomic mass is 9.99. The van der Waals surface area contributed by atoms with Crippen LogP contribution in [0.5, 0.6) is 0 Å². The van der Waals surface area contributed by atoms with Gasteiger partial charge >= 0.3 is 5.97 Å². The Bertz CT molecular complexity index is 493. The number of carbonyl (C=O) groups is 3. The Kier molecular flexibility index (Phi) is 2.44. The van der Waals surface area contributed by atoms with Crippen molar-refractivity contribution in [2.24, 2.45) is 0 Å². The third kappa shape index (κ3) is 1.79. The summed E-state index contributed by atoms with van der Waals surface area (Å²) < 4.78 is 0. The number of hydrogen-bond donors (Lipinski definition) is 2. The number of benzene rings is 1. The van der Waals surface area contributed by atoms with E-state index in [0.717, 1.165) is 5.56 Å². The quantitative estimate of drug-likeness (QED) is 0.570. The minimum Gasteiger partial charge on any atom is -0.475 e. The van der Waals surface area contributed by atoms with Crippen molar-refractivity contribution in [3.63, 3.8) is 0 Å². The van der Waals surface area contributed by atoms with E-state index in [9.17, 15) is 14.4 Å². The van der Waals surface area contributed by atoms with Crippen molar-refractivity contribution in [1.29, 1.82) is 0 Å². The molecule has 0 fully saturated rings. The van der Waals surface area contributed by atoms with Crippen molar-refractivity contribution < 1.29 is 19.5 Å². The van der Waals surface area contributed by atoms with Crippen LogP contribution in [0.2, 0.25) is 0 Å². The lowest BCUT2D eigenvalue weighted by Crippen LogP contribution is -2.20. The van der Waals surface area contributed by atoms with Gasteiger partial charge in [0.05, 0.1) is 0 Å². The molecule has 5 nitrogen and oxygen atoms in total. The predicted molar refractivity (Wildman–Crippen MR) is 55.4 cm³/mol. The smallest absolute Gasteiger partial charge is 0.377 e. The minimum absolute atomic E-state index is 0.0773. The highest BCUT2D eigenvalue weighted by Crippen LogP contribution is 2.23. The molecule has 1 aliphatic heterocycles. The average molecular weight is 219 g/mol. The molecule has 0 saturated heterocycles. The van der Waals surface area contributed by atoms with Gasteiger partial charge in [-0.1, -0.05) is 12.1 Å². The molecule has 82 valence electrons. The molecule has 1 aromatic rings. The molecule has 1 aliphatic rings. The maximum Gasteiger partial charge on any atom is 0.377 e. The molecule has 2 rings (SSSR count). The first-order valence-corrected chi connectivity index (χ1v) is 4.78. The molecule has 1 amide bonds. The third-order valence-corrected chi connectivity index (χ3v) is 2.46. The van der Waals surface area contributed by atoms with E-state index in [1.54, 1.807) is 6.07 Å². The van der Waals surface area contributed by atoms with Crippen molar-refractivity contribution in [1.82, 2.24) is 0 Å². The molecule has 0 atom stereocenters. The van der Waals surface area contributed by atoms with Crippen molar-refractivity contribution in [2.75, 3.05) is 5.32 Å². The molecule has 1 aromatic carbocycles. The topological polar surface area (TPSA) is 83.5 Å². The van der Waals surface area contributed by atoms with E-state index < -0.39 is 11.8 Å². The maximum absolute atomic E-state index is 11.2. The standard InChI is InChI=1S/C11H9NO4/c13-9-4-3-6-1-2-7(5-8(6)12-9)10(14)11(15)16/h1-2,5H,3-4H2,(H,12,13)(H,15,16). The molecular formula is C11H9NO4. The van der Waals surface area contributed by atoms with Gasteiger partial charge in [0.15, 0.2) is 0 Å². The van der Waals surface area contributed by atoms with Gasteiger partial charge in [0, 0.05) is 17.7 Å². The summed E-state index contributed by atoms with van der Waals surface area (Å²) in [5, 5.41) is 11.2. The van der Waals surface area contributed by atoms with Gasteiger partial charge in [-0.05, 0) is 18.1 Å². The second-order valence-corrected chi connectivity index (χ2v) is 3.55. The van der Waals surface area contributed by atoms with Crippen LogP contribution < -0.4 is 5.32 Å². The van der Waals surface area contributed by atoms with E-state index in [1.165, 1.54) is 12.1 Å². The van der Waals surface area contributed by atoms with E-state index in [1.807, 2.05) is 0 Å². The number of fused-ring (bicyclic) bond motifs is 1. The Labute approximate surface area is 91.1 Å². The van der Waals surface area contributed by atoms with Crippen LogP contribution in [0.15, 0.2) is 18.2 Å². The lowest BCUT2D eigenvalue weighted by molar-refractivity contribution is -0.131. The number of Topliss-reactive ketones (excluding diaryl/α,β-unsaturated/α-hetero) is 1. The fourth-order valence-electron chi connectivity index (χ4n) is 1.64. The predicted octanol–water partition coefficient (Wildman–Crippen LogP) is 0.839. The summed E-state index contributed by atoms with van der Waals surface area (Å²) in [5.74, 6) is -2.59. The van der Waals surface area contributed by atoms with Crippen molar-refractivity contribution in [3.05, 3.63) is 29.3 Å². The largest absolute Gasteiger partial charge is 0.475 e. The van der Waals surface area contributed by atoms with Crippen LogP contribution in [-0.2, 0) is 16.0 Å². The number of anilines is 1. The number of aryl methyl sites for hydroxylation is 1. The van der Waals surface area contributed by atoms with Crippen LogP contribution in [-0.4, -0.2) is 22.8 Å². The normalized spacial score (nSPS) is 13.9. The summed E-state index contributed by atoms with van der Waals surface area (Å²) in [7, 11) is 0. The Morgan fingerprint density at radius 3 is 2.69 bits per heavy atom. The average Bonchev–Trinajstić information content (AvgIpc) is 2.26. The van der Waals surface area contributed by atoms with Crippen molar-refractivity contribution >= 4 is 23.3 Å². The van der Waals surface area contributed by atoms with E-state index in [2.05, 4.69) is 5.32 Å². The highest BCUT2D eigenvalue weighted by molar-refractivity contribution is 6.40. The summed E-state index contributed by atoms with van der Waals surface area (Å²) in [5.41, 5.74) is 1.53. The molecule has 0 aromatic heterocycles.